The van der Waals surface area contributed by atoms with Crippen LogP contribution in [0.2, 0.25) is 0 Å². The van der Waals surface area contributed by atoms with Crippen molar-refractivity contribution in [1.82, 2.24) is 5.32 Å². The van der Waals surface area contributed by atoms with Crippen LogP contribution in [0.15, 0.2) is 35.2 Å². The molecule has 1 rings (SSSR count). The van der Waals surface area contributed by atoms with Crippen molar-refractivity contribution in [2.75, 3.05) is 12.9 Å². The van der Waals surface area contributed by atoms with Crippen molar-refractivity contribution in [3.8, 4) is 0 Å². The number of hydrogen-bond acceptors (Lipinski definition) is 6. The number of methoxy groups -OCH3 is 1. The second kappa shape index (κ2) is 7.45. The Morgan fingerprint density at radius 1 is 1.17 bits per heavy atom. The number of esters is 1. The van der Waals surface area contributed by atoms with E-state index in [0.29, 0.717) is 0 Å². The molecule has 1 atom stereocenters. The van der Waals surface area contributed by atoms with Crippen molar-refractivity contribution in [3.63, 3.8) is 0 Å². The fourth-order valence-corrected chi connectivity index (χ4v) is 3.13. The molecular weight excluding hydrogens is 322 g/mol. The highest BCUT2D eigenvalue weighted by atomic mass is 32.2. The van der Waals surface area contributed by atoms with Crippen molar-refractivity contribution >= 4 is 21.9 Å². The third-order valence-corrected chi connectivity index (χ3v) is 4.43. The molecule has 128 valence electrons. The Morgan fingerprint density at radius 2 is 1.74 bits per heavy atom. The Labute approximate surface area is 135 Å². The number of benzene rings is 1. The minimum absolute atomic E-state index is 0.0555. The lowest BCUT2D eigenvalue weighted by Crippen LogP contribution is -2.47. The highest BCUT2D eigenvalue weighted by molar-refractivity contribution is 7.91. The first-order valence-electron chi connectivity index (χ1n) is 6.90. The van der Waals surface area contributed by atoms with Gasteiger partial charge in [0.15, 0.2) is 9.84 Å². The van der Waals surface area contributed by atoms with Crippen LogP contribution in [0.25, 0.3) is 0 Å². The SMILES string of the molecule is COC(=O)[C@H](CS(=O)(=O)c1ccccc1)NC(=O)OC(C)(C)C. The minimum atomic E-state index is -3.78. The molecule has 0 saturated heterocycles. The standard InChI is InChI=1S/C15H21NO6S/c1-15(2,3)22-14(18)16-12(13(17)21-4)10-23(19,20)11-8-6-5-7-9-11/h5-9,12H,10H2,1-4H3,(H,16,18)/t12-/m0/s1. The van der Waals surface area contributed by atoms with Crippen LogP contribution >= 0.6 is 0 Å². The van der Waals surface area contributed by atoms with Crippen molar-refractivity contribution < 1.29 is 27.5 Å². The summed E-state index contributed by atoms with van der Waals surface area (Å²) in [6.07, 6.45) is -0.892. The van der Waals surface area contributed by atoms with Crippen LogP contribution in [0.1, 0.15) is 20.8 Å². The molecule has 8 heteroatoms. The number of carbonyl (C=O) groups excluding carboxylic acids is 2. The van der Waals surface area contributed by atoms with Crippen LogP contribution in [0, 0.1) is 0 Å². The van der Waals surface area contributed by atoms with Gasteiger partial charge < -0.3 is 14.8 Å². The van der Waals surface area contributed by atoms with Crippen molar-refractivity contribution in [2.45, 2.75) is 37.3 Å². The molecule has 0 saturated carbocycles. The zero-order valence-corrected chi connectivity index (χ0v) is 14.3. The van der Waals surface area contributed by atoms with Crippen molar-refractivity contribution in [1.29, 1.82) is 0 Å². The Morgan fingerprint density at radius 3 is 2.22 bits per heavy atom. The molecule has 0 spiro atoms. The van der Waals surface area contributed by atoms with Gasteiger partial charge in [-0.15, -0.1) is 0 Å². The van der Waals surface area contributed by atoms with E-state index in [9.17, 15) is 18.0 Å². The highest BCUT2D eigenvalue weighted by Crippen LogP contribution is 2.13. The van der Waals surface area contributed by atoms with Crippen LogP contribution in [-0.4, -0.2) is 45.0 Å². The lowest BCUT2D eigenvalue weighted by molar-refractivity contribution is -0.142. The molecule has 23 heavy (non-hydrogen) atoms. The second-order valence-electron chi connectivity index (χ2n) is 5.82. The van der Waals surface area contributed by atoms with Gasteiger partial charge in [-0.05, 0) is 32.9 Å². The van der Waals surface area contributed by atoms with Crippen LogP contribution in [0.5, 0.6) is 0 Å². The predicted molar refractivity (Wildman–Crippen MR) is 83.7 cm³/mol. The van der Waals surface area contributed by atoms with Crippen molar-refractivity contribution in [2.24, 2.45) is 0 Å². The van der Waals surface area contributed by atoms with Crippen LogP contribution in [-0.2, 0) is 24.1 Å². The van der Waals surface area contributed by atoms with E-state index in [0.717, 1.165) is 7.11 Å². The first kappa shape index (κ1) is 19.0. The summed E-state index contributed by atoms with van der Waals surface area (Å²) in [6, 6.07) is 6.28. The summed E-state index contributed by atoms with van der Waals surface area (Å²) in [5, 5.41) is 2.24. The summed E-state index contributed by atoms with van der Waals surface area (Å²) in [5.74, 6) is -1.49. The molecular formula is C15H21NO6S. The lowest BCUT2D eigenvalue weighted by Gasteiger charge is -2.22. The van der Waals surface area contributed by atoms with Gasteiger partial charge in [0.2, 0.25) is 0 Å². The number of nitrogens with one attached hydrogen (secondary N) is 1. The lowest BCUT2D eigenvalue weighted by atomic mass is 10.2. The average molecular weight is 343 g/mol. The van der Waals surface area contributed by atoms with Gasteiger partial charge in [0.25, 0.3) is 0 Å². The normalized spacial score (nSPS) is 13.0. The molecule has 0 aliphatic heterocycles. The molecule has 0 radical (unpaired) electrons. The molecule has 1 aromatic carbocycles. The maximum Gasteiger partial charge on any atom is 0.408 e. The molecule has 0 aliphatic rings. The van der Waals surface area contributed by atoms with E-state index < -0.39 is 39.3 Å². The Balaban J connectivity index is 2.92. The van der Waals surface area contributed by atoms with E-state index in [1.807, 2.05) is 0 Å². The Bertz CT molecular complexity index is 648. The topological polar surface area (TPSA) is 98.8 Å². The molecule has 0 bridgehead atoms. The van der Waals surface area contributed by atoms with E-state index in [-0.39, 0.29) is 4.90 Å². The molecule has 0 aliphatic carbocycles. The third kappa shape index (κ3) is 6.27. The predicted octanol–water partition coefficient (Wildman–Crippen LogP) is 1.53. The van der Waals surface area contributed by atoms with E-state index in [4.69, 9.17) is 4.74 Å². The summed E-state index contributed by atoms with van der Waals surface area (Å²) < 4.78 is 34.2. The monoisotopic (exact) mass is 343 g/mol. The summed E-state index contributed by atoms with van der Waals surface area (Å²) in [5.41, 5.74) is -0.775. The van der Waals surface area contributed by atoms with Crippen LogP contribution in [0.3, 0.4) is 0 Å². The van der Waals surface area contributed by atoms with Gasteiger partial charge in [0, 0.05) is 0 Å². The third-order valence-electron chi connectivity index (χ3n) is 2.67. The van der Waals surface area contributed by atoms with Crippen LogP contribution in [0.4, 0.5) is 4.79 Å². The van der Waals surface area contributed by atoms with Crippen LogP contribution < -0.4 is 5.32 Å². The molecule has 7 nitrogen and oxygen atoms in total. The van der Waals surface area contributed by atoms with E-state index in [2.05, 4.69) is 10.1 Å². The van der Waals surface area contributed by atoms with Gasteiger partial charge in [-0.25, -0.2) is 18.0 Å². The van der Waals surface area contributed by atoms with E-state index in [1.54, 1.807) is 39.0 Å². The van der Waals surface area contributed by atoms with Gasteiger partial charge in [0.1, 0.15) is 11.6 Å². The summed E-state index contributed by atoms with van der Waals surface area (Å²) in [7, 11) is -2.66. The molecule has 0 heterocycles. The zero-order valence-electron chi connectivity index (χ0n) is 13.5. The second-order valence-corrected chi connectivity index (χ2v) is 7.85. The highest BCUT2D eigenvalue weighted by Gasteiger charge is 2.30. The first-order chi connectivity index (χ1) is 10.5. The summed E-state index contributed by atoms with van der Waals surface area (Å²) >= 11 is 0. The Hall–Kier alpha value is -2.09. The van der Waals surface area contributed by atoms with Gasteiger partial charge in [-0.1, -0.05) is 18.2 Å². The molecule has 0 aromatic heterocycles. The molecule has 1 amide bonds. The van der Waals surface area contributed by atoms with Crippen molar-refractivity contribution in [3.05, 3.63) is 30.3 Å². The maximum absolute atomic E-state index is 12.3. The number of rotatable bonds is 5. The van der Waals surface area contributed by atoms with Gasteiger partial charge in [0.05, 0.1) is 17.8 Å². The van der Waals surface area contributed by atoms with Gasteiger partial charge in [-0.2, -0.15) is 0 Å². The number of ether oxygens (including phenoxy) is 2. The fourth-order valence-electron chi connectivity index (χ4n) is 1.70. The Kier molecular flexibility index (Phi) is 6.14. The summed E-state index contributed by atoms with van der Waals surface area (Å²) in [6.45, 7) is 4.96. The largest absolute Gasteiger partial charge is 0.467 e. The first-order valence-corrected chi connectivity index (χ1v) is 8.55. The van der Waals surface area contributed by atoms with Gasteiger partial charge in [-0.3, -0.25) is 0 Å². The maximum atomic E-state index is 12.3. The number of carbonyl (C=O) groups is 2. The van der Waals surface area contributed by atoms with Gasteiger partial charge >= 0.3 is 12.1 Å². The number of hydrogen-bond donors (Lipinski definition) is 1. The number of sulfone groups is 1. The number of amides is 1. The molecule has 1 aromatic rings. The molecule has 1 N–H and O–H groups in total. The smallest absolute Gasteiger partial charge is 0.408 e. The zero-order chi connectivity index (χ0) is 17.7. The number of alkyl carbamates (subject to hydrolysis) is 1. The van der Waals surface area contributed by atoms with E-state index >= 15 is 0 Å². The summed E-state index contributed by atoms with van der Waals surface area (Å²) in [4.78, 5) is 23.6. The van der Waals surface area contributed by atoms with E-state index in [1.165, 1.54) is 12.1 Å². The fraction of sp³-hybridized carbons (Fsp3) is 0.467. The quantitative estimate of drug-likeness (QED) is 0.814. The minimum Gasteiger partial charge on any atom is -0.467 e. The molecule has 0 unspecified atom stereocenters. The average Bonchev–Trinajstić information content (AvgIpc) is 2.44. The molecule has 0 fully saturated rings.